The first-order chi connectivity index (χ1) is 11.8. The fraction of sp³-hybridized carbons (Fsp3) is 0.533. The molecular weight excluding hydrogens is 366 g/mol. The average Bonchev–Trinajstić information content (AvgIpc) is 3.21. The summed E-state index contributed by atoms with van der Waals surface area (Å²) in [7, 11) is -3.75. The van der Waals surface area contributed by atoms with Crippen LogP contribution >= 0.6 is 11.3 Å². The Kier molecular flexibility index (Phi) is 4.94. The number of aryl methyl sites for hydroxylation is 2. The zero-order chi connectivity index (χ0) is 18.2. The number of thiophene rings is 1. The van der Waals surface area contributed by atoms with E-state index in [2.05, 4.69) is 10.1 Å². The summed E-state index contributed by atoms with van der Waals surface area (Å²) in [5, 5.41) is 13.1. The van der Waals surface area contributed by atoms with Gasteiger partial charge in [0.25, 0.3) is 0 Å². The fourth-order valence-electron chi connectivity index (χ4n) is 2.83. The minimum atomic E-state index is -3.75. The van der Waals surface area contributed by atoms with Crippen molar-refractivity contribution in [1.29, 1.82) is 0 Å². The highest BCUT2D eigenvalue weighted by Gasteiger charge is 2.35. The van der Waals surface area contributed by atoms with Crippen LogP contribution in [0.5, 0.6) is 0 Å². The molecule has 3 rings (SSSR count). The summed E-state index contributed by atoms with van der Waals surface area (Å²) >= 11 is 1.28. The molecule has 0 spiro atoms. The lowest BCUT2D eigenvalue weighted by Gasteiger charge is -2.29. The van der Waals surface area contributed by atoms with Crippen molar-refractivity contribution < 1.29 is 22.8 Å². The van der Waals surface area contributed by atoms with Crippen LogP contribution in [0.2, 0.25) is 0 Å². The number of sulfonamides is 1. The Balaban J connectivity index is 1.91. The summed E-state index contributed by atoms with van der Waals surface area (Å²) in [5.74, 6) is -0.757. The second kappa shape index (κ2) is 6.85. The lowest BCUT2D eigenvalue weighted by Crippen LogP contribution is -2.42. The van der Waals surface area contributed by atoms with Gasteiger partial charge >= 0.3 is 5.97 Å². The minimum Gasteiger partial charge on any atom is -0.481 e. The molecule has 1 fully saturated rings. The average molecular weight is 385 g/mol. The highest BCUT2D eigenvalue weighted by atomic mass is 32.2. The number of nitrogens with zero attached hydrogens (tertiary/aromatic N) is 3. The van der Waals surface area contributed by atoms with Crippen LogP contribution in [0.3, 0.4) is 0 Å². The van der Waals surface area contributed by atoms with Gasteiger partial charge in [0, 0.05) is 24.4 Å². The van der Waals surface area contributed by atoms with Crippen LogP contribution in [0.1, 0.15) is 30.5 Å². The minimum absolute atomic E-state index is 0.00444. The summed E-state index contributed by atoms with van der Waals surface area (Å²) in [4.78, 5) is 16.9. The van der Waals surface area contributed by atoms with Crippen LogP contribution in [0.4, 0.5) is 0 Å². The topological polar surface area (TPSA) is 114 Å². The molecule has 10 heteroatoms. The third kappa shape index (κ3) is 3.46. The Hall–Kier alpha value is -1.78. The van der Waals surface area contributed by atoms with Gasteiger partial charge in [0.15, 0.2) is 0 Å². The first kappa shape index (κ1) is 18.0. The number of aliphatic carboxylic acids is 1. The highest BCUT2D eigenvalue weighted by molar-refractivity contribution is 7.89. The maximum absolute atomic E-state index is 13.0. The summed E-state index contributed by atoms with van der Waals surface area (Å²) in [5.41, 5.74) is 0. The quantitative estimate of drug-likeness (QED) is 0.839. The van der Waals surface area contributed by atoms with Gasteiger partial charge in [0.05, 0.1) is 15.7 Å². The van der Waals surface area contributed by atoms with Crippen molar-refractivity contribution >= 4 is 27.3 Å². The van der Waals surface area contributed by atoms with E-state index in [-0.39, 0.29) is 11.4 Å². The van der Waals surface area contributed by atoms with Crippen LogP contribution in [-0.2, 0) is 21.2 Å². The number of hydrogen-bond acceptors (Lipinski definition) is 7. The normalized spacial score (nSPS) is 19.2. The summed E-state index contributed by atoms with van der Waals surface area (Å²) in [6.45, 7) is 3.95. The van der Waals surface area contributed by atoms with Crippen molar-refractivity contribution in [2.45, 2.75) is 38.0 Å². The monoisotopic (exact) mass is 385 g/mol. The van der Waals surface area contributed by atoms with E-state index >= 15 is 0 Å². The molecule has 0 aromatic carbocycles. The molecule has 1 aliphatic heterocycles. The largest absolute Gasteiger partial charge is 0.481 e. The molecule has 2 aromatic rings. The SMILES string of the molecule is CCc1nc(-c2cc(S(=O)(=O)N3CCC[C@H](C(=O)O)C3)c(C)s2)no1. The highest BCUT2D eigenvalue weighted by Crippen LogP contribution is 2.34. The zero-order valence-corrected chi connectivity index (χ0v) is 15.6. The van der Waals surface area contributed by atoms with Crippen LogP contribution in [-0.4, -0.2) is 47.0 Å². The smallest absolute Gasteiger partial charge is 0.307 e. The molecular formula is C15H19N3O5S2. The number of hydrogen-bond donors (Lipinski definition) is 1. The van der Waals surface area contributed by atoms with Crippen molar-refractivity contribution in [2.24, 2.45) is 5.92 Å². The Bertz CT molecular complexity index is 887. The molecule has 0 amide bonds. The Morgan fingerprint density at radius 3 is 2.92 bits per heavy atom. The second-order valence-electron chi connectivity index (χ2n) is 5.94. The van der Waals surface area contributed by atoms with E-state index in [1.165, 1.54) is 15.6 Å². The van der Waals surface area contributed by atoms with Crippen LogP contribution in [0.25, 0.3) is 10.7 Å². The lowest BCUT2D eigenvalue weighted by atomic mass is 10.0. The third-order valence-electron chi connectivity index (χ3n) is 4.21. The number of aromatic nitrogens is 2. The molecule has 0 bridgehead atoms. The molecule has 2 aromatic heterocycles. The predicted molar refractivity (Wildman–Crippen MR) is 90.8 cm³/mol. The van der Waals surface area contributed by atoms with Crippen LogP contribution in [0.15, 0.2) is 15.5 Å². The predicted octanol–water partition coefficient (Wildman–Crippen LogP) is 2.15. The van der Waals surface area contributed by atoms with Gasteiger partial charge in [-0.15, -0.1) is 11.3 Å². The molecule has 0 saturated carbocycles. The van der Waals surface area contributed by atoms with Crippen LogP contribution in [0, 0.1) is 12.8 Å². The Labute approximate surface area is 149 Å². The van der Waals surface area contributed by atoms with E-state index in [0.717, 1.165) is 0 Å². The molecule has 1 N–H and O–H groups in total. The first-order valence-corrected chi connectivity index (χ1v) is 10.2. The van der Waals surface area contributed by atoms with Gasteiger partial charge in [0.2, 0.25) is 21.7 Å². The van der Waals surface area contributed by atoms with Gasteiger partial charge in [-0.2, -0.15) is 9.29 Å². The van der Waals surface area contributed by atoms with Crippen molar-refractivity contribution in [3.63, 3.8) is 0 Å². The Morgan fingerprint density at radius 2 is 2.28 bits per heavy atom. The van der Waals surface area contributed by atoms with E-state index in [1.807, 2.05) is 6.92 Å². The van der Waals surface area contributed by atoms with Gasteiger partial charge in [-0.25, -0.2) is 8.42 Å². The van der Waals surface area contributed by atoms with Gasteiger partial charge < -0.3 is 9.63 Å². The summed E-state index contributed by atoms with van der Waals surface area (Å²) in [6, 6.07) is 1.55. The van der Waals surface area contributed by atoms with Gasteiger partial charge in [-0.3, -0.25) is 4.79 Å². The number of carboxylic acids is 1. The van der Waals surface area contributed by atoms with Crippen molar-refractivity contribution in [2.75, 3.05) is 13.1 Å². The summed E-state index contributed by atoms with van der Waals surface area (Å²) < 4.78 is 32.3. The molecule has 1 atom stereocenters. The van der Waals surface area contributed by atoms with Crippen molar-refractivity contribution in [1.82, 2.24) is 14.4 Å². The molecule has 1 saturated heterocycles. The molecule has 0 unspecified atom stereocenters. The summed E-state index contributed by atoms with van der Waals surface area (Å²) in [6.07, 6.45) is 1.64. The molecule has 25 heavy (non-hydrogen) atoms. The van der Waals surface area contributed by atoms with E-state index in [0.29, 0.717) is 47.3 Å². The third-order valence-corrected chi connectivity index (χ3v) is 7.38. The maximum Gasteiger partial charge on any atom is 0.307 e. The Morgan fingerprint density at radius 1 is 1.52 bits per heavy atom. The van der Waals surface area contributed by atoms with Crippen molar-refractivity contribution in [3.8, 4) is 10.7 Å². The molecule has 0 aliphatic carbocycles. The first-order valence-electron chi connectivity index (χ1n) is 7.99. The number of piperidine rings is 1. The van der Waals surface area contributed by atoms with Crippen molar-refractivity contribution in [3.05, 3.63) is 16.8 Å². The fourth-order valence-corrected chi connectivity index (χ4v) is 5.84. The maximum atomic E-state index is 13.0. The second-order valence-corrected chi connectivity index (χ2v) is 9.10. The van der Waals surface area contributed by atoms with Gasteiger partial charge in [-0.05, 0) is 25.8 Å². The number of carboxylic acid groups (broad SMARTS) is 1. The molecule has 136 valence electrons. The molecule has 8 nitrogen and oxygen atoms in total. The molecule has 0 radical (unpaired) electrons. The molecule has 1 aliphatic rings. The van der Waals surface area contributed by atoms with Gasteiger partial charge in [0.1, 0.15) is 0 Å². The molecule has 3 heterocycles. The van der Waals surface area contributed by atoms with E-state index in [9.17, 15) is 18.3 Å². The lowest BCUT2D eigenvalue weighted by molar-refractivity contribution is -0.142. The van der Waals surface area contributed by atoms with E-state index in [1.54, 1.807) is 13.0 Å². The number of rotatable bonds is 5. The number of carbonyl (C=O) groups is 1. The van der Waals surface area contributed by atoms with Crippen LogP contribution < -0.4 is 0 Å². The van der Waals surface area contributed by atoms with Gasteiger partial charge in [-0.1, -0.05) is 12.1 Å². The zero-order valence-electron chi connectivity index (χ0n) is 13.9. The van der Waals surface area contributed by atoms with E-state index in [4.69, 9.17) is 4.52 Å². The van der Waals surface area contributed by atoms with E-state index < -0.39 is 21.9 Å². The standard InChI is InChI=1S/C15H19N3O5S2/c1-3-13-16-14(17-23-13)11-7-12(9(2)24-11)25(21,22)18-6-4-5-10(8-18)15(19)20/h7,10H,3-6,8H2,1-2H3,(H,19,20)/t10-/m0/s1.